The van der Waals surface area contributed by atoms with Crippen molar-refractivity contribution >= 4 is 52.0 Å². The molecule has 2 aromatic rings. The molecule has 0 bridgehead atoms. The molecule has 0 atom stereocenters. The molecule has 0 unspecified atom stereocenters. The minimum absolute atomic E-state index is 0.132. The van der Waals surface area contributed by atoms with Gasteiger partial charge in [-0.2, -0.15) is 0 Å². The number of carbonyl (C=O) groups excluding carboxylic acids is 2. The molecule has 2 N–H and O–H groups in total. The number of benzene rings is 1. The summed E-state index contributed by atoms with van der Waals surface area (Å²) in [4.78, 5) is 29.9. The van der Waals surface area contributed by atoms with Gasteiger partial charge in [-0.25, -0.2) is 9.79 Å². The minimum Gasteiger partial charge on any atom is -0.462 e. The van der Waals surface area contributed by atoms with Crippen LogP contribution in [0.5, 0.6) is 0 Å². The maximum atomic E-state index is 12.5. The van der Waals surface area contributed by atoms with E-state index in [1.807, 2.05) is 18.2 Å². The number of halogens is 1. The number of para-hydroxylation sites is 2. The van der Waals surface area contributed by atoms with Crippen LogP contribution in [0, 0.1) is 0 Å². The zero-order valence-corrected chi connectivity index (χ0v) is 15.7. The maximum absolute atomic E-state index is 12.5. The third kappa shape index (κ3) is 3.79. The molecule has 6 nitrogen and oxygen atoms in total. The van der Waals surface area contributed by atoms with E-state index in [0.717, 1.165) is 17.0 Å². The van der Waals surface area contributed by atoms with Crippen molar-refractivity contribution in [3.8, 4) is 0 Å². The lowest BCUT2D eigenvalue weighted by Crippen LogP contribution is -2.35. The fraction of sp³-hybridized carbons (Fsp3) is 0.167. The third-order valence-electron chi connectivity index (χ3n) is 3.58. The van der Waals surface area contributed by atoms with Gasteiger partial charge in [-0.3, -0.25) is 4.79 Å². The second-order valence-electron chi connectivity index (χ2n) is 5.38. The predicted molar refractivity (Wildman–Crippen MR) is 103 cm³/mol. The highest BCUT2D eigenvalue weighted by Crippen LogP contribution is 2.30. The van der Waals surface area contributed by atoms with Crippen molar-refractivity contribution in [1.29, 1.82) is 0 Å². The number of anilines is 1. The van der Waals surface area contributed by atoms with Gasteiger partial charge in [0.05, 0.1) is 27.2 Å². The number of amidine groups is 1. The summed E-state index contributed by atoms with van der Waals surface area (Å²) in [6.07, 6.45) is 0. The number of hydrogen-bond acceptors (Lipinski definition) is 6. The molecular formula is C18H16ClN3O3S. The Labute approximate surface area is 159 Å². The van der Waals surface area contributed by atoms with E-state index in [1.54, 1.807) is 32.0 Å². The summed E-state index contributed by atoms with van der Waals surface area (Å²) >= 11 is 7.05. The van der Waals surface area contributed by atoms with Crippen molar-refractivity contribution in [1.82, 2.24) is 5.32 Å². The van der Waals surface area contributed by atoms with Crippen LogP contribution in [0.2, 0.25) is 4.34 Å². The van der Waals surface area contributed by atoms with Gasteiger partial charge in [0.1, 0.15) is 11.4 Å². The predicted octanol–water partition coefficient (Wildman–Crippen LogP) is 4.12. The van der Waals surface area contributed by atoms with E-state index < -0.39 is 11.9 Å². The first-order valence-electron chi connectivity index (χ1n) is 7.89. The molecule has 0 saturated carbocycles. The van der Waals surface area contributed by atoms with Crippen molar-refractivity contribution in [2.75, 3.05) is 11.9 Å². The van der Waals surface area contributed by atoms with Crippen LogP contribution in [0.4, 0.5) is 11.4 Å². The molecule has 0 saturated heterocycles. The van der Waals surface area contributed by atoms with Gasteiger partial charge in [0, 0.05) is 5.70 Å². The summed E-state index contributed by atoms with van der Waals surface area (Å²) in [6.45, 7) is 3.66. The highest BCUT2D eigenvalue weighted by molar-refractivity contribution is 7.18. The van der Waals surface area contributed by atoms with Crippen LogP contribution in [-0.2, 0) is 9.53 Å². The largest absolute Gasteiger partial charge is 0.462 e. The monoisotopic (exact) mass is 389 g/mol. The standard InChI is InChI=1S/C18H16ClN3O3S/c1-3-25-18(24)15-10(2)20-11-6-4-5-7-12(11)21-16(15)22-17(23)13-8-9-14(19)26-13/h4-9,20H,3H2,1-2H3,(H,21,22,23). The normalized spacial score (nSPS) is 13.3. The Morgan fingerprint density at radius 3 is 2.73 bits per heavy atom. The van der Waals surface area contributed by atoms with Crippen molar-refractivity contribution in [3.63, 3.8) is 0 Å². The van der Waals surface area contributed by atoms with E-state index in [2.05, 4.69) is 15.6 Å². The first-order valence-corrected chi connectivity index (χ1v) is 9.09. The number of hydrogen-bond donors (Lipinski definition) is 2. The molecule has 0 fully saturated rings. The fourth-order valence-electron chi connectivity index (χ4n) is 2.44. The first kappa shape index (κ1) is 18.2. The van der Waals surface area contributed by atoms with Crippen LogP contribution in [0.1, 0.15) is 23.5 Å². The number of esters is 1. The Hall–Kier alpha value is -2.64. The maximum Gasteiger partial charge on any atom is 0.343 e. The Kier molecular flexibility index (Phi) is 5.39. The first-order chi connectivity index (χ1) is 12.5. The smallest absolute Gasteiger partial charge is 0.343 e. The summed E-state index contributed by atoms with van der Waals surface area (Å²) in [5.74, 6) is -0.823. The molecule has 2 heterocycles. The second kappa shape index (κ2) is 7.72. The van der Waals surface area contributed by atoms with Crippen LogP contribution < -0.4 is 10.6 Å². The molecule has 26 heavy (non-hydrogen) atoms. The number of amides is 1. The van der Waals surface area contributed by atoms with E-state index >= 15 is 0 Å². The highest BCUT2D eigenvalue weighted by atomic mass is 35.5. The zero-order valence-electron chi connectivity index (χ0n) is 14.1. The highest BCUT2D eigenvalue weighted by Gasteiger charge is 2.26. The molecule has 1 aliphatic rings. The molecule has 3 rings (SSSR count). The van der Waals surface area contributed by atoms with Gasteiger partial charge < -0.3 is 15.4 Å². The molecule has 1 aliphatic heterocycles. The average molecular weight is 390 g/mol. The van der Waals surface area contributed by atoms with Crippen LogP contribution in [0.3, 0.4) is 0 Å². The Bertz CT molecular complexity index is 933. The summed E-state index contributed by atoms with van der Waals surface area (Å²) in [7, 11) is 0. The Morgan fingerprint density at radius 1 is 1.27 bits per heavy atom. The lowest BCUT2D eigenvalue weighted by Gasteiger charge is -2.13. The van der Waals surface area contributed by atoms with E-state index in [1.165, 1.54) is 0 Å². The molecule has 0 aliphatic carbocycles. The van der Waals surface area contributed by atoms with Gasteiger partial charge in [0.2, 0.25) is 0 Å². The number of allylic oxidation sites excluding steroid dienone is 1. The number of thiophene rings is 1. The quantitative estimate of drug-likeness (QED) is 0.773. The van der Waals surface area contributed by atoms with Crippen LogP contribution in [0.25, 0.3) is 0 Å². The van der Waals surface area contributed by atoms with Crippen molar-refractivity contribution in [2.45, 2.75) is 13.8 Å². The molecule has 1 amide bonds. The SMILES string of the molecule is CCOC(=O)C1=C(C)Nc2ccccc2N=C1NC(=O)c1ccc(Cl)s1. The van der Waals surface area contributed by atoms with E-state index in [9.17, 15) is 9.59 Å². The number of ether oxygens (including phenoxy) is 1. The number of fused-ring (bicyclic) bond motifs is 1. The van der Waals surface area contributed by atoms with E-state index in [4.69, 9.17) is 16.3 Å². The molecule has 1 aromatic carbocycles. The van der Waals surface area contributed by atoms with Gasteiger partial charge in [-0.05, 0) is 38.1 Å². The number of nitrogens with zero attached hydrogens (tertiary/aromatic N) is 1. The summed E-state index contributed by atoms with van der Waals surface area (Å²) in [6, 6.07) is 10.6. The van der Waals surface area contributed by atoms with Crippen molar-refractivity contribution in [3.05, 3.63) is 56.9 Å². The Morgan fingerprint density at radius 2 is 2.04 bits per heavy atom. The minimum atomic E-state index is -0.562. The second-order valence-corrected chi connectivity index (χ2v) is 7.10. The summed E-state index contributed by atoms with van der Waals surface area (Å²) in [5.41, 5.74) is 2.05. The van der Waals surface area contributed by atoms with Crippen molar-refractivity contribution < 1.29 is 14.3 Å². The van der Waals surface area contributed by atoms with Gasteiger partial charge in [0.25, 0.3) is 5.91 Å². The fourth-order valence-corrected chi connectivity index (χ4v) is 3.38. The van der Waals surface area contributed by atoms with Gasteiger partial charge in [-0.15, -0.1) is 11.3 Å². The van der Waals surface area contributed by atoms with Crippen LogP contribution >= 0.6 is 22.9 Å². The number of nitrogens with one attached hydrogen (secondary N) is 2. The molecule has 134 valence electrons. The van der Waals surface area contributed by atoms with E-state index in [-0.39, 0.29) is 18.0 Å². The third-order valence-corrected chi connectivity index (χ3v) is 4.81. The lowest BCUT2D eigenvalue weighted by atomic mass is 10.2. The molecule has 8 heteroatoms. The lowest BCUT2D eigenvalue weighted by molar-refractivity contribution is -0.137. The van der Waals surface area contributed by atoms with Gasteiger partial charge in [0.15, 0.2) is 0 Å². The van der Waals surface area contributed by atoms with Crippen LogP contribution in [0.15, 0.2) is 52.7 Å². The molecule has 1 aromatic heterocycles. The molecular weight excluding hydrogens is 374 g/mol. The molecule has 0 radical (unpaired) electrons. The van der Waals surface area contributed by atoms with Gasteiger partial charge in [-0.1, -0.05) is 23.7 Å². The van der Waals surface area contributed by atoms with E-state index in [0.29, 0.717) is 20.6 Å². The Balaban J connectivity index is 2.03. The number of rotatable bonds is 3. The van der Waals surface area contributed by atoms with Crippen molar-refractivity contribution in [2.24, 2.45) is 4.99 Å². The van der Waals surface area contributed by atoms with Gasteiger partial charge >= 0.3 is 5.97 Å². The molecule has 0 spiro atoms. The van der Waals surface area contributed by atoms with Crippen LogP contribution in [-0.4, -0.2) is 24.3 Å². The number of aliphatic imine (C=N–C) groups is 1. The number of carbonyl (C=O) groups is 2. The summed E-state index contributed by atoms with van der Waals surface area (Å²) < 4.78 is 5.64. The zero-order chi connectivity index (χ0) is 18.7. The summed E-state index contributed by atoms with van der Waals surface area (Å²) in [5, 5.41) is 5.87. The topological polar surface area (TPSA) is 79.8 Å². The average Bonchev–Trinajstić information content (AvgIpc) is 2.97.